The Morgan fingerprint density at radius 2 is 1.55 bits per heavy atom. The van der Waals surface area contributed by atoms with E-state index in [2.05, 4.69) is 38.4 Å². The van der Waals surface area contributed by atoms with Crippen molar-refractivity contribution in [2.45, 2.75) is 45.6 Å². The van der Waals surface area contributed by atoms with Gasteiger partial charge in [0.15, 0.2) is 0 Å². The van der Waals surface area contributed by atoms with Crippen LogP contribution in [0.5, 0.6) is 0 Å². The van der Waals surface area contributed by atoms with Crippen LogP contribution < -0.4 is 53.3 Å². The summed E-state index contributed by atoms with van der Waals surface area (Å²) in [5, 5.41) is 2.59. The SMILES string of the molecule is CCC(CC)[NH2+]CC[N+]1(C)CC2CC=CCC2C1.[I-].[I-]. The lowest BCUT2D eigenvalue weighted by molar-refractivity contribution is -0.913. The van der Waals surface area contributed by atoms with Gasteiger partial charge in [0, 0.05) is 11.8 Å². The van der Waals surface area contributed by atoms with Gasteiger partial charge in [-0.15, -0.1) is 0 Å². The largest absolute Gasteiger partial charge is 1.00 e. The first kappa shape index (κ1) is 21.1. The average molecular weight is 506 g/mol. The molecule has 1 saturated heterocycles. The Labute approximate surface area is 159 Å². The van der Waals surface area contributed by atoms with Gasteiger partial charge in [0.25, 0.3) is 0 Å². The van der Waals surface area contributed by atoms with E-state index in [4.69, 9.17) is 0 Å². The molecule has 0 bridgehead atoms. The number of fused-ring (bicyclic) bond motifs is 1. The molecule has 2 unspecified atom stereocenters. The molecule has 0 spiro atoms. The third-order valence-electron chi connectivity index (χ3n) is 5.28. The Morgan fingerprint density at radius 3 is 2.00 bits per heavy atom. The van der Waals surface area contributed by atoms with Crippen LogP contribution in [0.3, 0.4) is 0 Å². The van der Waals surface area contributed by atoms with Gasteiger partial charge in [-0.1, -0.05) is 26.0 Å². The van der Waals surface area contributed by atoms with E-state index in [1.165, 1.54) is 56.3 Å². The highest BCUT2D eigenvalue weighted by atomic mass is 127. The number of hydrogen-bond acceptors (Lipinski definition) is 0. The molecule has 0 saturated carbocycles. The lowest BCUT2D eigenvalue weighted by Gasteiger charge is -2.29. The average Bonchev–Trinajstić information content (AvgIpc) is 2.71. The normalized spacial score (nSPS) is 31.6. The zero-order valence-corrected chi connectivity index (χ0v) is 17.6. The maximum absolute atomic E-state index is 2.59. The van der Waals surface area contributed by atoms with Gasteiger partial charge < -0.3 is 57.8 Å². The van der Waals surface area contributed by atoms with E-state index in [0.717, 1.165) is 17.9 Å². The van der Waals surface area contributed by atoms with E-state index in [1.807, 2.05) is 0 Å². The van der Waals surface area contributed by atoms with Gasteiger partial charge in [0.1, 0.15) is 13.1 Å². The van der Waals surface area contributed by atoms with Crippen LogP contribution in [0.4, 0.5) is 0 Å². The van der Waals surface area contributed by atoms with E-state index in [0.29, 0.717) is 0 Å². The molecule has 1 fully saturated rings. The van der Waals surface area contributed by atoms with Crippen molar-refractivity contribution >= 4 is 0 Å². The minimum Gasteiger partial charge on any atom is -1.00 e. The van der Waals surface area contributed by atoms with E-state index < -0.39 is 0 Å². The molecule has 2 aliphatic rings. The van der Waals surface area contributed by atoms with Crippen molar-refractivity contribution in [3.63, 3.8) is 0 Å². The summed E-state index contributed by atoms with van der Waals surface area (Å²) in [6, 6.07) is 0.850. The van der Waals surface area contributed by atoms with E-state index in [-0.39, 0.29) is 48.0 Å². The standard InChI is InChI=1S/C16H31N2.2HI/c1-4-16(5-2)17-10-11-18(3)12-14-8-6-7-9-15(14)13-18;;/h6-7,14-17H,4-5,8-13H2,1-3H3;2*1H/q+1;;/p-1. The summed E-state index contributed by atoms with van der Waals surface area (Å²) < 4.78 is 1.33. The molecule has 2 nitrogen and oxygen atoms in total. The molecular formula is C16H32I2N2. The minimum absolute atomic E-state index is 0. The van der Waals surface area contributed by atoms with E-state index in [1.54, 1.807) is 0 Å². The van der Waals surface area contributed by atoms with Gasteiger partial charge in [-0.3, -0.25) is 0 Å². The van der Waals surface area contributed by atoms with Crippen LogP contribution in [0, 0.1) is 11.8 Å². The minimum atomic E-state index is 0. The first-order valence-electron chi connectivity index (χ1n) is 7.98. The van der Waals surface area contributed by atoms with Crippen LogP contribution in [0.15, 0.2) is 12.2 Å². The number of nitrogens with two attached hydrogens (primary N) is 1. The van der Waals surface area contributed by atoms with Gasteiger partial charge in [-0.05, 0) is 25.7 Å². The van der Waals surface area contributed by atoms with Crippen LogP contribution in [-0.2, 0) is 0 Å². The third kappa shape index (κ3) is 5.72. The highest BCUT2D eigenvalue weighted by Crippen LogP contribution is 2.35. The molecular weight excluding hydrogens is 474 g/mol. The van der Waals surface area contributed by atoms with Crippen molar-refractivity contribution in [1.29, 1.82) is 0 Å². The number of hydrogen-bond donors (Lipinski definition) is 1. The van der Waals surface area contributed by atoms with Crippen LogP contribution >= 0.6 is 0 Å². The van der Waals surface area contributed by atoms with Crippen LogP contribution in [0.1, 0.15) is 39.5 Å². The molecule has 1 aliphatic heterocycles. The molecule has 2 rings (SSSR count). The highest BCUT2D eigenvalue weighted by molar-refractivity contribution is 4.96. The van der Waals surface area contributed by atoms with Gasteiger partial charge >= 0.3 is 0 Å². The smallest absolute Gasteiger partial charge is 0.128 e. The quantitative estimate of drug-likeness (QED) is 0.214. The van der Waals surface area contributed by atoms with Crippen molar-refractivity contribution in [2.75, 3.05) is 33.2 Å². The Morgan fingerprint density at radius 1 is 1.05 bits per heavy atom. The van der Waals surface area contributed by atoms with Gasteiger partial charge in [-0.2, -0.15) is 0 Å². The second kappa shape index (κ2) is 10.0. The second-order valence-corrected chi connectivity index (χ2v) is 6.77. The lowest BCUT2D eigenvalue weighted by atomic mass is 9.86. The number of likely N-dealkylation sites (N-methyl/N-ethyl adjacent to an activating group) is 1. The van der Waals surface area contributed by atoms with Crippen molar-refractivity contribution in [3.8, 4) is 0 Å². The van der Waals surface area contributed by atoms with Crippen LogP contribution in [-0.4, -0.2) is 43.8 Å². The maximum atomic E-state index is 2.59. The predicted octanol–water partition coefficient (Wildman–Crippen LogP) is -4.21. The topological polar surface area (TPSA) is 16.6 Å². The molecule has 20 heavy (non-hydrogen) atoms. The van der Waals surface area contributed by atoms with Crippen LogP contribution in [0.25, 0.3) is 0 Å². The number of halogens is 2. The van der Waals surface area contributed by atoms with Crippen molar-refractivity contribution in [1.82, 2.24) is 0 Å². The fraction of sp³-hybridized carbons (Fsp3) is 0.875. The van der Waals surface area contributed by atoms with E-state index >= 15 is 0 Å². The molecule has 4 heteroatoms. The Hall–Kier alpha value is 1.12. The molecule has 2 N–H and O–H groups in total. The number of allylic oxidation sites excluding steroid dienone is 2. The molecule has 0 aromatic heterocycles. The third-order valence-corrected chi connectivity index (χ3v) is 5.28. The summed E-state index contributed by atoms with van der Waals surface area (Å²) in [5.74, 6) is 1.96. The van der Waals surface area contributed by atoms with Crippen molar-refractivity contribution in [2.24, 2.45) is 11.8 Å². The molecule has 0 aromatic rings. The summed E-state index contributed by atoms with van der Waals surface area (Å²) in [5.41, 5.74) is 0. The predicted molar refractivity (Wildman–Crippen MR) is 77.3 cm³/mol. The van der Waals surface area contributed by atoms with Crippen molar-refractivity contribution < 1.29 is 57.8 Å². The zero-order valence-electron chi connectivity index (χ0n) is 13.3. The molecule has 1 aliphatic carbocycles. The molecule has 1 heterocycles. The van der Waals surface area contributed by atoms with Gasteiger partial charge in [0.2, 0.25) is 0 Å². The summed E-state index contributed by atoms with van der Waals surface area (Å²) in [6.45, 7) is 10.2. The lowest BCUT2D eigenvalue weighted by Crippen LogP contribution is -3.00. The first-order valence-corrected chi connectivity index (χ1v) is 7.98. The monoisotopic (exact) mass is 506 g/mol. The maximum Gasteiger partial charge on any atom is 0.128 e. The van der Waals surface area contributed by atoms with Crippen LogP contribution in [0.2, 0.25) is 0 Å². The van der Waals surface area contributed by atoms with Gasteiger partial charge in [0.05, 0.1) is 26.2 Å². The molecule has 0 amide bonds. The summed E-state index contributed by atoms with van der Waals surface area (Å²) in [7, 11) is 2.49. The molecule has 0 aromatic carbocycles. The van der Waals surface area contributed by atoms with E-state index in [9.17, 15) is 0 Å². The number of likely N-dealkylation sites (tertiary alicyclic amines) is 1. The highest BCUT2D eigenvalue weighted by Gasteiger charge is 2.42. The number of quaternary nitrogens is 2. The first-order chi connectivity index (χ1) is 8.67. The molecule has 2 atom stereocenters. The fourth-order valence-corrected chi connectivity index (χ4v) is 4.01. The molecule has 0 radical (unpaired) electrons. The Bertz CT molecular complexity index is 274. The summed E-state index contributed by atoms with van der Waals surface area (Å²) >= 11 is 0. The Balaban J connectivity index is 0.00000180. The number of rotatable bonds is 6. The van der Waals surface area contributed by atoms with Crippen molar-refractivity contribution in [3.05, 3.63) is 12.2 Å². The fourth-order valence-electron chi connectivity index (χ4n) is 4.01. The summed E-state index contributed by atoms with van der Waals surface area (Å²) in [4.78, 5) is 0. The Kier molecular flexibility index (Phi) is 10.6. The zero-order chi connectivity index (χ0) is 13.0. The van der Waals surface area contributed by atoms with Gasteiger partial charge in [-0.25, -0.2) is 0 Å². The molecule has 120 valence electrons. The number of nitrogens with zero attached hydrogens (tertiary/aromatic N) is 1. The second-order valence-electron chi connectivity index (χ2n) is 6.77. The summed E-state index contributed by atoms with van der Waals surface area (Å²) in [6.07, 6.45) is 10.1.